The van der Waals surface area contributed by atoms with Crippen LogP contribution in [0.25, 0.3) is 11.2 Å². The van der Waals surface area contributed by atoms with E-state index in [1.807, 2.05) is 12.1 Å². The summed E-state index contributed by atoms with van der Waals surface area (Å²) in [5.74, 6) is 3.01. The summed E-state index contributed by atoms with van der Waals surface area (Å²) in [7, 11) is 3.19. The number of hydrogen-bond acceptors (Lipinski definition) is 7. The highest BCUT2D eigenvalue weighted by atomic mass is 16.5. The van der Waals surface area contributed by atoms with Crippen LogP contribution in [0, 0.1) is 5.92 Å². The lowest BCUT2D eigenvalue weighted by Crippen LogP contribution is -2.41. The number of benzene rings is 1. The maximum absolute atomic E-state index is 13.2. The monoisotopic (exact) mass is 450 g/mol. The topological polar surface area (TPSA) is 94.4 Å². The van der Waals surface area contributed by atoms with Crippen molar-refractivity contribution in [3.63, 3.8) is 0 Å². The van der Waals surface area contributed by atoms with Crippen LogP contribution in [-0.2, 0) is 17.8 Å². The molecule has 3 aromatic rings. The molecular weight excluding hydrogens is 420 g/mol. The number of aromatic nitrogens is 4. The fourth-order valence-electron chi connectivity index (χ4n) is 4.88. The molecule has 1 fully saturated rings. The first-order valence-corrected chi connectivity index (χ1v) is 11.7. The van der Waals surface area contributed by atoms with E-state index in [2.05, 4.69) is 24.8 Å². The zero-order chi connectivity index (χ0) is 22.8. The number of nitrogens with one attached hydrogen (secondary N) is 1. The zero-order valence-corrected chi connectivity index (χ0v) is 19.2. The number of imidazole rings is 1. The number of fused-ring (bicyclic) bond motifs is 3. The van der Waals surface area contributed by atoms with Gasteiger partial charge in [-0.25, -0.2) is 15.0 Å². The van der Waals surface area contributed by atoms with E-state index in [4.69, 9.17) is 14.5 Å². The molecule has 2 aliphatic heterocycles. The third-order valence-electron chi connectivity index (χ3n) is 6.63. The van der Waals surface area contributed by atoms with E-state index < -0.39 is 0 Å². The highest BCUT2D eigenvalue weighted by Crippen LogP contribution is 2.32. The maximum Gasteiger partial charge on any atom is 0.229 e. The molecule has 0 unspecified atom stereocenters. The molecule has 0 saturated carbocycles. The lowest BCUT2D eigenvalue weighted by atomic mass is 9.97. The Hall–Kier alpha value is -3.36. The lowest BCUT2D eigenvalue weighted by Gasteiger charge is -2.32. The van der Waals surface area contributed by atoms with Gasteiger partial charge in [-0.15, -0.1) is 0 Å². The average Bonchev–Trinajstić information content (AvgIpc) is 3.04. The quantitative estimate of drug-likeness (QED) is 0.636. The summed E-state index contributed by atoms with van der Waals surface area (Å²) < 4.78 is 12.9. The average molecular weight is 451 g/mol. The summed E-state index contributed by atoms with van der Waals surface area (Å²) in [6.07, 6.45) is 7.88. The number of ether oxygens (including phenoxy) is 2. The third kappa shape index (κ3) is 4.19. The van der Waals surface area contributed by atoms with Gasteiger partial charge >= 0.3 is 0 Å². The molecule has 0 bridgehead atoms. The minimum Gasteiger partial charge on any atom is -0.497 e. The zero-order valence-electron chi connectivity index (χ0n) is 19.2. The highest BCUT2D eigenvalue weighted by molar-refractivity contribution is 5.95. The van der Waals surface area contributed by atoms with Crippen molar-refractivity contribution in [2.45, 2.75) is 45.1 Å². The van der Waals surface area contributed by atoms with Gasteiger partial charge in [0.2, 0.25) is 5.91 Å². The number of carbonyl (C=O) groups excluding carboxylic acids is 1. The number of hydrogen-bond donors (Lipinski definition) is 1. The van der Waals surface area contributed by atoms with Crippen molar-refractivity contribution in [3.05, 3.63) is 30.4 Å². The number of anilines is 2. The Kier molecular flexibility index (Phi) is 6.02. The van der Waals surface area contributed by atoms with Crippen molar-refractivity contribution in [2.24, 2.45) is 5.92 Å². The van der Waals surface area contributed by atoms with Crippen molar-refractivity contribution in [1.29, 1.82) is 0 Å². The summed E-state index contributed by atoms with van der Waals surface area (Å²) in [4.78, 5) is 29.4. The standard InChI is InChI=1S/C24H30N6O3/c1-32-17-9-10-18(19(13-17)33-2)27-24(31)16-7-6-11-29(14-16)22-21-23(26-15-25-22)30-12-5-3-4-8-20(30)28-21/h9-10,13,15-16H,3-8,11-12,14H2,1-2H3,(H,27,31)/t16-/m0/s1. The molecule has 9 nitrogen and oxygen atoms in total. The van der Waals surface area contributed by atoms with Gasteiger partial charge in [0.1, 0.15) is 23.7 Å². The third-order valence-corrected chi connectivity index (χ3v) is 6.63. The number of rotatable bonds is 5. The lowest BCUT2D eigenvalue weighted by molar-refractivity contribution is -0.120. The van der Waals surface area contributed by atoms with Gasteiger partial charge in [0.25, 0.3) is 0 Å². The largest absolute Gasteiger partial charge is 0.497 e. The van der Waals surface area contributed by atoms with Crippen molar-refractivity contribution < 1.29 is 14.3 Å². The molecule has 0 spiro atoms. The van der Waals surface area contributed by atoms with Crippen molar-refractivity contribution in [1.82, 2.24) is 19.5 Å². The molecule has 174 valence electrons. The Morgan fingerprint density at radius 3 is 2.85 bits per heavy atom. The van der Waals surface area contributed by atoms with Crippen LogP contribution in [0.1, 0.15) is 37.9 Å². The van der Waals surface area contributed by atoms with Crippen LogP contribution in [0.2, 0.25) is 0 Å². The van der Waals surface area contributed by atoms with Gasteiger partial charge in [-0.2, -0.15) is 0 Å². The summed E-state index contributed by atoms with van der Waals surface area (Å²) >= 11 is 0. The fraction of sp³-hybridized carbons (Fsp3) is 0.500. The molecule has 2 aromatic heterocycles. The Bertz CT molecular complexity index is 1160. The first-order chi connectivity index (χ1) is 16.2. The number of piperidine rings is 1. The molecule has 4 heterocycles. The van der Waals surface area contributed by atoms with Crippen LogP contribution in [0.15, 0.2) is 24.5 Å². The Labute approximate surface area is 193 Å². The molecular formula is C24H30N6O3. The number of carbonyl (C=O) groups is 1. The Balaban J connectivity index is 1.36. The number of methoxy groups -OCH3 is 2. The van der Waals surface area contributed by atoms with E-state index in [0.29, 0.717) is 23.7 Å². The van der Waals surface area contributed by atoms with Crippen LogP contribution in [-0.4, -0.2) is 52.7 Å². The smallest absolute Gasteiger partial charge is 0.229 e. The van der Waals surface area contributed by atoms with Gasteiger partial charge in [0.05, 0.1) is 25.8 Å². The molecule has 1 saturated heterocycles. The van der Waals surface area contributed by atoms with Crippen LogP contribution in [0.5, 0.6) is 11.5 Å². The maximum atomic E-state index is 13.2. The van der Waals surface area contributed by atoms with Crippen molar-refractivity contribution >= 4 is 28.6 Å². The SMILES string of the molecule is COc1ccc(NC(=O)[C@H]2CCCN(c3ncnc4c3nc3n4CCCCC3)C2)c(OC)c1. The molecule has 5 rings (SSSR count). The first kappa shape index (κ1) is 21.5. The van der Waals surface area contributed by atoms with Crippen molar-refractivity contribution in [3.8, 4) is 11.5 Å². The molecule has 1 aromatic carbocycles. The van der Waals surface area contributed by atoms with Crippen LogP contribution in [0.3, 0.4) is 0 Å². The fourth-order valence-corrected chi connectivity index (χ4v) is 4.88. The van der Waals surface area contributed by atoms with Gasteiger partial charge in [-0.1, -0.05) is 6.42 Å². The van der Waals surface area contributed by atoms with Crippen LogP contribution < -0.4 is 19.7 Å². The minimum absolute atomic E-state index is 0.0194. The molecule has 9 heteroatoms. The minimum atomic E-state index is -0.156. The Morgan fingerprint density at radius 1 is 1.09 bits per heavy atom. The molecule has 1 N–H and O–H groups in total. The number of amides is 1. The second kappa shape index (κ2) is 9.25. The van der Waals surface area contributed by atoms with E-state index in [0.717, 1.165) is 68.0 Å². The summed E-state index contributed by atoms with van der Waals surface area (Å²) in [6, 6.07) is 5.39. The Morgan fingerprint density at radius 2 is 2.00 bits per heavy atom. The van der Waals surface area contributed by atoms with Crippen LogP contribution >= 0.6 is 0 Å². The second-order valence-corrected chi connectivity index (χ2v) is 8.70. The molecule has 2 aliphatic rings. The van der Waals surface area contributed by atoms with Crippen LogP contribution in [0.4, 0.5) is 11.5 Å². The van der Waals surface area contributed by atoms with Crippen molar-refractivity contribution in [2.75, 3.05) is 37.5 Å². The number of aryl methyl sites for hydroxylation is 2. The number of nitrogens with zero attached hydrogens (tertiary/aromatic N) is 5. The molecule has 0 aliphatic carbocycles. The molecule has 0 radical (unpaired) electrons. The van der Waals surface area contributed by atoms with E-state index in [9.17, 15) is 4.79 Å². The molecule has 33 heavy (non-hydrogen) atoms. The van der Waals surface area contributed by atoms with E-state index in [1.165, 1.54) is 6.42 Å². The molecule has 1 amide bonds. The summed E-state index contributed by atoms with van der Waals surface area (Å²) in [5, 5.41) is 3.04. The predicted octanol–water partition coefficient (Wildman–Crippen LogP) is 3.43. The van der Waals surface area contributed by atoms with Gasteiger partial charge in [0, 0.05) is 32.1 Å². The summed E-state index contributed by atoms with van der Waals surface area (Å²) in [5.41, 5.74) is 2.40. The second-order valence-electron chi connectivity index (χ2n) is 8.70. The highest BCUT2D eigenvalue weighted by Gasteiger charge is 2.29. The summed E-state index contributed by atoms with van der Waals surface area (Å²) in [6.45, 7) is 2.40. The predicted molar refractivity (Wildman–Crippen MR) is 126 cm³/mol. The molecule has 1 atom stereocenters. The van der Waals surface area contributed by atoms with E-state index >= 15 is 0 Å². The van der Waals surface area contributed by atoms with Gasteiger partial charge in [0.15, 0.2) is 17.0 Å². The van der Waals surface area contributed by atoms with Gasteiger partial charge in [-0.05, 0) is 37.8 Å². The van der Waals surface area contributed by atoms with Gasteiger partial charge < -0.3 is 24.3 Å². The van der Waals surface area contributed by atoms with E-state index in [-0.39, 0.29) is 11.8 Å². The van der Waals surface area contributed by atoms with E-state index in [1.54, 1.807) is 26.6 Å². The van der Waals surface area contributed by atoms with Gasteiger partial charge in [-0.3, -0.25) is 4.79 Å². The normalized spacial score (nSPS) is 18.5. The first-order valence-electron chi connectivity index (χ1n) is 11.7.